The van der Waals surface area contributed by atoms with Crippen LogP contribution in [0.1, 0.15) is 97.8 Å². The van der Waals surface area contributed by atoms with Crippen LogP contribution in [0.3, 0.4) is 0 Å². The van der Waals surface area contributed by atoms with Gasteiger partial charge in [0.2, 0.25) is 0 Å². The average Bonchev–Trinajstić information content (AvgIpc) is 3.33. The normalized spacial score (nSPS) is 44.7. The Morgan fingerprint density at radius 1 is 0.800 bits per heavy atom. The summed E-state index contributed by atoms with van der Waals surface area (Å²) in [4.78, 5) is 0. The summed E-state index contributed by atoms with van der Waals surface area (Å²) in [5.74, 6) is 3.47. The molecule has 6 unspecified atom stereocenters. The Bertz CT molecular complexity index is 804. The first-order valence-corrected chi connectivity index (χ1v) is 16.3. The Morgan fingerprint density at radius 2 is 1.31 bits per heavy atom. The van der Waals surface area contributed by atoms with Crippen molar-refractivity contribution >= 4 is 18.5 Å². The number of hydrogen-bond acceptors (Lipinski definition) is 2. The van der Waals surface area contributed by atoms with Gasteiger partial charge in [-0.1, -0.05) is 51.8 Å². The molecule has 6 fully saturated rings. The van der Waals surface area contributed by atoms with Gasteiger partial charge >= 0.3 is 0 Å². The molecular weight excluding hydrogens is 462 g/mol. The standard InChI is InChI=1S/C31H52N2P2/c1-28(2,3)31(35,29-18-21-15-22(19-29)17-23(16-21)20-29)25-10-8-9-24(25)30(34,26-11-4-6-13-32-26)27-12-5-7-14-33-27/h8-10,21-23,25-27,32-33H,4-7,11-20,34-35H2,1-3H3. The fourth-order valence-corrected chi connectivity index (χ4v) is 12.2. The highest BCUT2D eigenvalue weighted by atomic mass is 31.0. The van der Waals surface area contributed by atoms with Crippen molar-refractivity contribution in [1.82, 2.24) is 10.6 Å². The van der Waals surface area contributed by atoms with E-state index in [1.54, 1.807) is 5.57 Å². The fraction of sp³-hybridized carbons (Fsp3) is 0.871. The summed E-state index contributed by atoms with van der Waals surface area (Å²) in [7, 11) is 7.18. The lowest BCUT2D eigenvalue weighted by atomic mass is 9.41. The molecule has 0 radical (unpaired) electrons. The monoisotopic (exact) mass is 514 g/mol. The third kappa shape index (κ3) is 3.93. The second-order valence-electron chi connectivity index (χ2n) is 14.7. The topological polar surface area (TPSA) is 24.1 Å². The molecular formula is C31H52N2P2. The van der Waals surface area contributed by atoms with Gasteiger partial charge in [-0.25, -0.2) is 0 Å². The van der Waals surface area contributed by atoms with Crippen LogP contribution in [0.2, 0.25) is 0 Å². The maximum atomic E-state index is 4.04. The second kappa shape index (κ2) is 9.18. The quantitative estimate of drug-likeness (QED) is 0.391. The lowest BCUT2D eigenvalue weighted by Gasteiger charge is -2.68. The SMILES string of the molecule is CC(C)(C)C(P)(C1C=CC=C1C(P)(C1CCCCN1)C1CCCCN1)C12CC3CC(CC(C3)C1)C2. The Morgan fingerprint density at radius 3 is 1.74 bits per heavy atom. The Balaban J connectivity index is 1.43. The maximum absolute atomic E-state index is 4.04. The largest absolute Gasteiger partial charge is 0.313 e. The van der Waals surface area contributed by atoms with Gasteiger partial charge in [-0.3, -0.25) is 0 Å². The molecule has 4 bridgehead atoms. The Labute approximate surface area is 220 Å². The lowest BCUT2D eigenvalue weighted by molar-refractivity contribution is -0.106. The van der Waals surface area contributed by atoms with Gasteiger partial charge in [0.25, 0.3) is 0 Å². The highest BCUT2D eigenvalue weighted by molar-refractivity contribution is 7.20. The maximum Gasteiger partial charge on any atom is 0.0370 e. The molecule has 7 aliphatic rings. The van der Waals surface area contributed by atoms with Gasteiger partial charge < -0.3 is 10.6 Å². The lowest BCUT2D eigenvalue weighted by Crippen LogP contribution is -2.66. The van der Waals surface area contributed by atoms with E-state index in [1.807, 2.05) is 0 Å². The Kier molecular flexibility index (Phi) is 6.70. The molecule has 7 rings (SSSR count). The van der Waals surface area contributed by atoms with E-state index in [2.05, 4.69) is 68.1 Å². The Hall–Kier alpha value is 0.260. The van der Waals surface area contributed by atoms with Crippen molar-refractivity contribution in [2.75, 3.05) is 13.1 Å². The average molecular weight is 515 g/mol. The van der Waals surface area contributed by atoms with E-state index in [4.69, 9.17) is 0 Å². The molecule has 35 heavy (non-hydrogen) atoms. The molecule has 0 aromatic carbocycles. The molecule has 0 amide bonds. The third-order valence-corrected chi connectivity index (χ3v) is 14.8. The molecule has 2 aliphatic heterocycles. The predicted octanol–water partition coefficient (Wildman–Crippen LogP) is 6.87. The van der Waals surface area contributed by atoms with Crippen LogP contribution in [-0.2, 0) is 0 Å². The molecule has 196 valence electrons. The number of allylic oxidation sites excluding steroid dienone is 3. The van der Waals surface area contributed by atoms with Crippen LogP contribution in [0.15, 0.2) is 23.8 Å². The minimum atomic E-state index is 0.0877. The van der Waals surface area contributed by atoms with E-state index in [1.165, 1.54) is 90.1 Å². The molecule has 2 N–H and O–H groups in total. The highest BCUT2D eigenvalue weighted by Gasteiger charge is 2.66. The van der Waals surface area contributed by atoms with Crippen LogP contribution in [0, 0.1) is 34.5 Å². The van der Waals surface area contributed by atoms with Crippen molar-refractivity contribution in [3.63, 3.8) is 0 Å². The minimum Gasteiger partial charge on any atom is -0.313 e. The molecule has 0 aromatic heterocycles. The predicted molar refractivity (Wildman–Crippen MR) is 157 cm³/mol. The molecule has 2 heterocycles. The molecule has 6 atom stereocenters. The van der Waals surface area contributed by atoms with Crippen molar-refractivity contribution in [1.29, 1.82) is 0 Å². The summed E-state index contributed by atoms with van der Waals surface area (Å²) in [5, 5.41) is 8.37. The van der Waals surface area contributed by atoms with Crippen LogP contribution >= 0.6 is 18.5 Å². The van der Waals surface area contributed by atoms with Gasteiger partial charge in [0.15, 0.2) is 0 Å². The summed E-state index contributed by atoms with van der Waals surface area (Å²) in [5.41, 5.74) is 2.42. The first-order chi connectivity index (χ1) is 16.7. The van der Waals surface area contributed by atoms with Crippen LogP contribution in [0.5, 0.6) is 0 Å². The summed E-state index contributed by atoms with van der Waals surface area (Å²) >= 11 is 0. The van der Waals surface area contributed by atoms with Crippen molar-refractivity contribution in [2.45, 2.75) is 120 Å². The first-order valence-electron chi connectivity index (χ1n) is 15.1. The first kappa shape index (κ1) is 25.5. The van der Waals surface area contributed by atoms with E-state index < -0.39 is 0 Å². The molecule has 5 aliphatic carbocycles. The van der Waals surface area contributed by atoms with Crippen molar-refractivity contribution < 1.29 is 0 Å². The summed E-state index contributed by atoms with van der Waals surface area (Å²) in [6, 6.07) is 1.10. The van der Waals surface area contributed by atoms with Gasteiger partial charge in [-0.15, -0.1) is 18.5 Å². The number of hydrogen-bond donors (Lipinski definition) is 2. The van der Waals surface area contributed by atoms with E-state index in [0.29, 0.717) is 23.4 Å². The minimum absolute atomic E-state index is 0.0877. The van der Waals surface area contributed by atoms with E-state index in [9.17, 15) is 0 Å². The van der Waals surface area contributed by atoms with Gasteiger partial charge in [0.05, 0.1) is 0 Å². The zero-order chi connectivity index (χ0) is 24.5. The molecule has 2 saturated heterocycles. The summed E-state index contributed by atoms with van der Waals surface area (Å²) in [6.45, 7) is 10.1. The summed E-state index contributed by atoms with van der Waals surface area (Å²) in [6.07, 6.45) is 24.7. The second-order valence-corrected chi connectivity index (χ2v) is 16.6. The molecule has 2 nitrogen and oxygen atoms in total. The van der Waals surface area contributed by atoms with E-state index in [0.717, 1.165) is 17.8 Å². The molecule has 0 aromatic rings. The number of nitrogens with one attached hydrogen (secondary N) is 2. The van der Waals surface area contributed by atoms with Crippen molar-refractivity contribution in [3.8, 4) is 0 Å². The van der Waals surface area contributed by atoms with Crippen LogP contribution < -0.4 is 10.6 Å². The fourth-order valence-electron chi connectivity index (χ4n) is 10.7. The van der Waals surface area contributed by atoms with E-state index in [-0.39, 0.29) is 15.7 Å². The van der Waals surface area contributed by atoms with Gasteiger partial charge in [-0.2, -0.15) is 0 Å². The molecule has 0 spiro atoms. The van der Waals surface area contributed by atoms with Crippen LogP contribution in [0.25, 0.3) is 0 Å². The zero-order valence-electron chi connectivity index (χ0n) is 22.8. The third-order valence-electron chi connectivity index (χ3n) is 11.8. The van der Waals surface area contributed by atoms with Crippen LogP contribution in [-0.4, -0.2) is 35.5 Å². The molecule has 4 heteroatoms. The zero-order valence-corrected chi connectivity index (χ0v) is 25.1. The smallest absolute Gasteiger partial charge is 0.0370 e. The van der Waals surface area contributed by atoms with Crippen LogP contribution in [0.4, 0.5) is 0 Å². The number of rotatable bonds is 5. The van der Waals surface area contributed by atoms with Gasteiger partial charge in [-0.05, 0) is 111 Å². The highest BCUT2D eigenvalue weighted by Crippen LogP contribution is 2.72. The number of piperidine rings is 2. The summed E-state index contributed by atoms with van der Waals surface area (Å²) < 4.78 is 0. The van der Waals surface area contributed by atoms with Gasteiger partial charge in [0, 0.05) is 28.3 Å². The van der Waals surface area contributed by atoms with E-state index >= 15 is 0 Å². The van der Waals surface area contributed by atoms with Gasteiger partial charge in [0.1, 0.15) is 0 Å². The molecule has 4 saturated carbocycles. The van der Waals surface area contributed by atoms with Crippen molar-refractivity contribution in [2.24, 2.45) is 34.5 Å². The van der Waals surface area contributed by atoms with Crippen molar-refractivity contribution in [3.05, 3.63) is 23.8 Å².